The zero-order valence-electron chi connectivity index (χ0n) is 11.8. The summed E-state index contributed by atoms with van der Waals surface area (Å²) in [6.07, 6.45) is 0.917. The third-order valence-electron chi connectivity index (χ3n) is 2.76. The molecule has 8 heteroatoms. The molecule has 0 saturated carbocycles. The lowest BCUT2D eigenvalue weighted by Gasteiger charge is -2.07. The lowest BCUT2D eigenvalue weighted by Crippen LogP contribution is -2.11. The molecule has 0 bridgehead atoms. The van der Waals surface area contributed by atoms with Crippen molar-refractivity contribution in [2.75, 3.05) is 24.2 Å². The summed E-state index contributed by atoms with van der Waals surface area (Å²) in [5, 5.41) is 10.5. The maximum absolute atomic E-state index is 5.80. The van der Waals surface area contributed by atoms with Crippen molar-refractivity contribution in [3.05, 3.63) is 22.7 Å². The number of aromatic nitrogens is 5. The van der Waals surface area contributed by atoms with E-state index in [0.717, 1.165) is 25.2 Å². The molecule has 108 valence electrons. The third-order valence-corrected chi connectivity index (χ3v) is 2.93. The van der Waals surface area contributed by atoms with Gasteiger partial charge in [0.15, 0.2) is 0 Å². The summed E-state index contributed by atoms with van der Waals surface area (Å²) >= 11 is 5.80. The highest BCUT2D eigenvalue weighted by atomic mass is 35.5. The van der Waals surface area contributed by atoms with Crippen molar-refractivity contribution in [3.8, 4) is 0 Å². The van der Waals surface area contributed by atoms with Crippen molar-refractivity contribution in [2.24, 2.45) is 0 Å². The highest BCUT2D eigenvalue weighted by Gasteiger charge is 2.04. The van der Waals surface area contributed by atoms with E-state index >= 15 is 0 Å². The van der Waals surface area contributed by atoms with Crippen LogP contribution in [0, 0.1) is 13.8 Å². The highest BCUT2D eigenvalue weighted by Crippen LogP contribution is 2.09. The molecule has 2 aromatic rings. The Morgan fingerprint density at radius 3 is 2.60 bits per heavy atom. The molecule has 0 aliphatic heterocycles. The van der Waals surface area contributed by atoms with Crippen LogP contribution in [0.4, 0.5) is 11.9 Å². The number of nitrogens with one attached hydrogen (secondary N) is 2. The molecule has 2 heterocycles. The molecule has 0 amide bonds. The first-order valence-electron chi connectivity index (χ1n) is 6.42. The molecule has 20 heavy (non-hydrogen) atoms. The van der Waals surface area contributed by atoms with Crippen LogP contribution in [0.25, 0.3) is 0 Å². The number of hydrogen-bond acceptors (Lipinski definition) is 6. The smallest absolute Gasteiger partial charge is 0.228 e. The first kappa shape index (κ1) is 14.5. The SMILES string of the molecule is CNc1nc(Cl)nc(NCCCn2nc(C)cc2C)n1. The fourth-order valence-corrected chi connectivity index (χ4v) is 2.03. The van der Waals surface area contributed by atoms with Gasteiger partial charge in [0.05, 0.1) is 5.69 Å². The van der Waals surface area contributed by atoms with E-state index < -0.39 is 0 Å². The van der Waals surface area contributed by atoms with Crippen LogP contribution in [0.5, 0.6) is 0 Å². The van der Waals surface area contributed by atoms with Gasteiger partial charge in [-0.3, -0.25) is 4.68 Å². The second-order valence-corrected chi connectivity index (χ2v) is 4.77. The normalized spacial score (nSPS) is 10.6. The summed E-state index contributed by atoms with van der Waals surface area (Å²) in [6, 6.07) is 2.07. The Labute approximate surface area is 122 Å². The molecule has 0 saturated heterocycles. The van der Waals surface area contributed by atoms with Crippen LogP contribution in [-0.4, -0.2) is 38.3 Å². The molecule has 2 rings (SSSR count). The van der Waals surface area contributed by atoms with Crippen molar-refractivity contribution in [1.29, 1.82) is 0 Å². The van der Waals surface area contributed by atoms with E-state index in [1.54, 1.807) is 7.05 Å². The Bertz CT molecular complexity index is 581. The Morgan fingerprint density at radius 2 is 1.95 bits per heavy atom. The van der Waals surface area contributed by atoms with Gasteiger partial charge in [-0.25, -0.2) is 0 Å². The first-order chi connectivity index (χ1) is 9.58. The van der Waals surface area contributed by atoms with Gasteiger partial charge in [-0.2, -0.15) is 20.1 Å². The molecule has 0 aliphatic carbocycles. The van der Waals surface area contributed by atoms with Gasteiger partial charge in [-0.15, -0.1) is 0 Å². The number of halogens is 1. The van der Waals surface area contributed by atoms with Crippen molar-refractivity contribution in [2.45, 2.75) is 26.8 Å². The predicted molar refractivity (Wildman–Crippen MR) is 79.2 cm³/mol. The van der Waals surface area contributed by atoms with Crippen molar-refractivity contribution in [3.63, 3.8) is 0 Å². The standard InChI is InChI=1S/C12H18ClN7/c1-8-7-9(2)20(19-8)6-4-5-15-12-17-10(13)16-11(14-3)18-12/h7H,4-6H2,1-3H3,(H2,14,15,16,17,18). The number of aryl methyl sites for hydroxylation is 3. The number of anilines is 2. The Morgan fingerprint density at radius 1 is 1.20 bits per heavy atom. The second-order valence-electron chi connectivity index (χ2n) is 4.43. The van der Waals surface area contributed by atoms with Gasteiger partial charge in [-0.1, -0.05) is 0 Å². The molecule has 0 atom stereocenters. The molecular formula is C12H18ClN7. The summed E-state index contributed by atoms with van der Waals surface area (Å²) < 4.78 is 2.00. The van der Waals surface area contributed by atoms with E-state index in [1.807, 2.05) is 11.6 Å². The second kappa shape index (κ2) is 6.51. The van der Waals surface area contributed by atoms with Crippen LogP contribution < -0.4 is 10.6 Å². The molecule has 0 radical (unpaired) electrons. The minimum absolute atomic E-state index is 0.172. The summed E-state index contributed by atoms with van der Waals surface area (Å²) in [5.41, 5.74) is 2.21. The number of nitrogens with zero attached hydrogens (tertiary/aromatic N) is 5. The molecule has 0 aliphatic rings. The highest BCUT2D eigenvalue weighted by molar-refractivity contribution is 6.28. The average Bonchev–Trinajstić information content (AvgIpc) is 2.72. The van der Waals surface area contributed by atoms with Gasteiger partial charge in [0.1, 0.15) is 0 Å². The van der Waals surface area contributed by atoms with Crippen molar-refractivity contribution in [1.82, 2.24) is 24.7 Å². The fraction of sp³-hybridized carbons (Fsp3) is 0.500. The fourth-order valence-electron chi connectivity index (χ4n) is 1.87. The Kier molecular flexibility index (Phi) is 4.73. The maximum Gasteiger partial charge on any atom is 0.228 e. The topological polar surface area (TPSA) is 80.5 Å². The number of rotatable bonds is 6. The third kappa shape index (κ3) is 3.80. The van der Waals surface area contributed by atoms with Gasteiger partial charge < -0.3 is 10.6 Å². The minimum Gasteiger partial charge on any atom is -0.357 e. The lowest BCUT2D eigenvalue weighted by molar-refractivity contribution is 0.573. The van der Waals surface area contributed by atoms with E-state index in [-0.39, 0.29) is 5.28 Å². The zero-order chi connectivity index (χ0) is 14.5. The lowest BCUT2D eigenvalue weighted by atomic mass is 10.4. The quantitative estimate of drug-likeness (QED) is 0.792. The van der Waals surface area contributed by atoms with Crippen LogP contribution in [0.3, 0.4) is 0 Å². The van der Waals surface area contributed by atoms with Crippen LogP contribution in [0.1, 0.15) is 17.8 Å². The maximum atomic E-state index is 5.80. The molecule has 7 nitrogen and oxygen atoms in total. The molecule has 2 aromatic heterocycles. The average molecular weight is 296 g/mol. The van der Waals surface area contributed by atoms with Crippen molar-refractivity contribution < 1.29 is 0 Å². The van der Waals surface area contributed by atoms with E-state index in [2.05, 4.69) is 43.7 Å². The van der Waals surface area contributed by atoms with Gasteiger partial charge in [0.2, 0.25) is 17.2 Å². The summed E-state index contributed by atoms with van der Waals surface area (Å²) in [5.74, 6) is 0.925. The van der Waals surface area contributed by atoms with E-state index in [4.69, 9.17) is 11.6 Å². The van der Waals surface area contributed by atoms with Gasteiger partial charge >= 0.3 is 0 Å². The molecule has 2 N–H and O–H groups in total. The van der Waals surface area contributed by atoms with Crippen LogP contribution >= 0.6 is 11.6 Å². The molecule has 0 spiro atoms. The molecule has 0 aromatic carbocycles. The van der Waals surface area contributed by atoms with Crippen LogP contribution in [-0.2, 0) is 6.54 Å². The molecule has 0 fully saturated rings. The van der Waals surface area contributed by atoms with Crippen LogP contribution in [0.15, 0.2) is 6.07 Å². The van der Waals surface area contributed by atoms with E-state index in [1.165, 1.54) is 5.69 Å². The first-order valence-corrected chi connectivity index (χ1v) is 6.80. The predicted octanol–water partition coefficient (Wildman–Crippen LogP) is 1.88. The minimum atomic E-state index is 0.172. The van der Waals surface area contributed by atoms with Gasteiger partial charge in [-0.05, 0) is 37.9 Å². The number of hydrogen-bond donors (Lipinski definition) is 2. The van der Waals surface area contributed by atoms with Gasteiger partial charge in [0, 0.05) is 25.8 Å². The van der Waals surface area contributed by atoms with E-state index in [9.17, 15) is 0 Å². The molecular weight excluding hydrogens is 278 g/mol. The Balaban J connectivity index is 1.84. The zero-order valence-corrected chi connectivity index (χ0v) is 12.6. The Hall–Kier alpha value is -1.89. The van der Waals surface area contributed by atoms with Gasteiger partial charge in [0.25, 0.3) is 0 Å². The van der Waals surface area contributed by atoms with Crippen molar-refractivity contribution >= 4 is 23.5 Å². The molecule has 0 unspecified atom stereocenters. The summed E-state index contributed by atoms with van der Waals surface area (Å²) in [6.45, 7) is 5.64. The van der Waals surface area contributed by atoms with E-state index in [0.29, 0.717) is 11.9 Å². The monoisotopic (exact) mass is 295 g/mol. The van der Waals surface area contributed by atoms with Crippen LogP contribution in [0.2, 0.25) is 5.28 Å². The largest absolute Gasteiger partial charge is 0.357 e. The summed E-state index contributed by atoms with van der Waals surface area (Å²) in [7, 11) is 1.73. The summed E-state index contributed by atoms with van der Waals surface area (Å²) in [4.78, 5) is 12.1.